The number of amidine groups is 1. The number of aliphatic hydroxyl groups is 1. The third-order valence-corrected chi connectivity index (χ3v) is 7.90. The summed E-state index contributed by atoms with van der Waals surface area (Å²) in [6.07, 6.45) is 0. The fourth-order valence-electron chi connectivity index (χ4n) is 5.05. The van der Waals surface area contributed by atoms with E-state index in [9.17, 15) is 9.90 Å². The lowest BCUT2D eigenvalue weighted by Gasteiger charge is -2.50. The van der Waals surface area contributed by atoms with E-state index in [1.54, 1.807) is 0 Å². The van der Waals surface area contributed by atoms with Crippen LogP contribution in [0, 0.1) is 0 Å². The number of halogens is 1. The number of hydrogen-bond acceptors (Lipinski definition) is 6. The molecule has 0 saturated carbocycles. The zero-order valence-corrected chi connectivity index (χ0v) is 22.5. The van der Waals surface area contributed by atoms with Gasteiger partial charge in [-0.2, -0.15) is 0 Å². The van der Waals surface area contributed by atoms with Crippen molar-refractivity contribution in [3.8, 4) is 0 Å². The van der Waals surface area contributed by atoms with Crippen LogP contribution >= 0.6 is 23.4 Å². The second kappa shape index (κ2) is 10.2. The fraction of sp³-hybridized carbons (Fsp3) is 0.241. The summed E-state index contributed by atoms with van der Waals surface area (Å²) < 4.78 is 0. The Bertz CT molecular complexity index is 1350. The Morgan fingerprint density at radius 1 is 1.08 bits per heavy atom. The highest BCUT2D eigenvalue weighted by Crippen LogP contribution is 2.49. The van der Waals surface area contributed by atoms with E-state index in [1.807, 2.05) is 102 Å². The molecule has 2 atom stereocenters. The van der Waals surface area contributed by atoms with Crippen molar-refractivity contribution in [3.63, 3.8) is 0 Å². The molecule has 0 spiro atoms. The number of carbonyl (C=O) groups is 1. The van der Waals surface area contributed by atoms with Crippen LogP contribution in [-0.2, 0) is 4.79 Å². The number of thioether (sulfide) groups is 1. The monoisotopic (exact) mass is 532 g/mol. The average molecular weight is 533 g/mol. The molecule has 0 aromatic heterocycles. The molecule has 0 bridgehead atoms. The molecule has 0 aliphatic carbocycles. The minimum absolute atomic E-state index is 0.0354. The molecule has 1 saturated heterocycles. The van der Waals surface area contributed by atoms with E-state index in [4.69, 9.17) is 16.6 Å². The van der Waals surface area contributed by atoms with E-state index >= 15 is 0 Å². The number of allylic oxidation sites excluding steroid dienone is 1. The second-order valence-corrected chi connectivity index (χ2v) is 10.8. The summed E-state index contributed by atoms with van der Waals surface area (Å²) in [6.45, 7) is 5.95. The fourth-order valence-corrected chi connectivity index (χ4v) is 6.37. The quantitative estimate of drug-likeness (QED) is 0.366. The van der Waals surface area contributed by atoms with Crippen LogP contribution in [-0.4, -0.2) is 38.7 Å². The lowest BCUT2D eigenvalue weighted by Crippen LogP contribution is -2.64. The number of benzene rings is 3. The van der Waals surface area contributed by atoms with Gasteiger partial charge in [0, 0.05) is 22.4 Å². The molecular formula is C29H29ClN4O2S. The van der Waals surface area contributed by atoms with Crippen LogP contribution in [0.3, 0.4) is 0 Å². The molecule has 6 nitrogen and oxygen atoms in total. The number of anilines is 2. The summed E-state index contributed by atoms with van der Waals surface area (Å²) in [6, 6.07) is 26.0. The number of nitrogens with one attached hydrogen (secondary N) is 1. The van der Waals surface area contributed by atoms with Crippen molar-refractivity contribution in [2.45, 2.75) is 38.7 Å². The van der Waals surface area contributed by atoms with Crippen molar-refractivity contribution in [2.75, 3.05) is 16.0 Å². The molecule has 2 aliphatic rings. The van der Waals surface area contributed by atoms with Gasteiger partial charge >= 0.3 is 0 Å². The van der Waals surface area contributed by atoms with Gasteiger partial charge in [0.25, 0.3) is 5.91 Å². The Morgan fingerprint density at radius 3 is 2.32 bits per heavy atom. The van der Waals surface area contributed by atoms with Gasteiger partial charge < -0.3 is 15.3 Å². The van der Waals surface area contributed by atoms with Crippen LogP contribution in [0.15, 0.2) is 101 Å². The predicted octanol–water partition coefficient (Wildman–Crippen LogP) is 6.27. The molecule has 1 amide bonds. The lowest BCUT2D eigenvalue weighted by atomic mass is 9.92. The van der Waals surface area contributed by atoms with Gasteiger partial charge in [0.15, 0.2) is 5.17 Å². The predicted molar refractivity (Wildman–Crippen MR) is 153 cm³/mol. The number of fused-ring (bicyclic) bond motifs is 1. The molecule has 2 heterocycles. The summed E-state index contributed by atoms with van der Waals surface area (Å²) in [5, 5.41) is 16.8. The van der Waals surface area contributed by atoms with Crippen LogP contribution in [0.25, 0.3) is 0 Å². The SMILES string of the molecule is CC1=C(C(=O)Nc2ccccc2)[C@H](c2ccc(Cl)cc2)N2C(=N1)SC[C@@]2(O)N(c1ccccc1)C(C)C. The van der Waals surface area contributed by atoms with E-state index in [0.29, 0.717) is 32.9 Å². The van der Waals surface area contributed by atoms with Crippen LogP contribution in [0.1, 0.15) is 32.4 Å². The van der Waals surface area contributed by atoms with Gasteiger partial charge in [-0.3, -0.25) is 9.69 Å². The summed E-state index contributed by atoms with van der Waals surface area (Å²) in [5.74, 6) is -1.34. The molecule has 2 N–H and O–H groups in total. The first-order valence-electron chi connectivity index (χ1n) is 12.2. The van der Waals surface area contributed by atoms with Crippen LogP contribution in [0.2, 0.25) is 5.02 Å². The molecule has 3 aromatic rings. The largest absolute Gasteiger partial charge is 0.353 e. The minimum atomic E-state index is -1.44. The first kappa shape index (κ1) is 25.4. The summed E-state index contributed by atoms with van der Waals surface area (Å²) in [7, 11) is 0. The van der Waals surface area contributed by atoms with Crippen molar-refractivity contribution in [2.24, 2.45) is 4.99 Å². The molecule has 190 valence electrons. The number of nitrogens with zero attached hydrogens (tertiary/aromatic N) is 3. The lowest BCUT2D eigenvalue weighted by molar-refractivity contribution is -0.114. The maximum Gasteiger partial charge on any atom is 0.255 e. The number of rotatable bonds is 6. The van der Waals surface area contributed by atoms with E-state index in [2.05, 4.69) is 19.2 Å². The first-order chi connectivity index (χ1) is 17.8. The van der Waals surface area contributed by atoms with Crippen LogP contribution in [0.5, 0.6) is 0 Å². The molecule has 2 aliphatic heterocycles. The van der Waals surface area contributed by atoms with E-state index < -0.39 is 11.9 Å². The maximum absolute atomic E-state index is 13.8. The number of para-hydroxylation sites is 2. The summed E-state index contributed by atoms with van der Waals surface area (Å²) in [5.41, 5.74) is 3.52. The first-order valence-corrected chi connectivity index (χ1v) is 13.6. The Hall–Kier alpha value is -3.26. The molecule has 1 fully saturated rings. The highest BCUT2D eigenvalue weighted by molar-refractivity contribution is 8.14. The third-order valence-electron chi connectivity index (χ3n) is 6.57. The van der Waals surface area contributed by atoms with Crippen molar-refractivity contribution >= 4 is 45.8 Å². The van der Waals surface area contributed by atoms with Crippen molar-refractivity contribution in [3.05, 3.63) is 107 Å². The summed E-state index contributed by atoms with van der Waals surface area (Å²) in [4.78, 5) is 22.5. The zero-order chi connectivity index (χ0) is 26.2. The average Bonchev–Trinajstić information content (AvgIpc) is 3.21. The van der Waals surface area contributed by atoms with Gasteiger partial charge in [0.1, 0.15) is 0 Å². The van der Waals surface area contributed by atoms with E-state index in [-0.39, 0.29) is 11.9 Å². The smallest absolute Gasteiger partial charge is 0.255 e. The molecule has 37 heavy (non-hydrogen) atoms. The highest BCUT2D eigenvalue weighted by atomic mass is 35.5. The van der Waals surface area contributed by atoms with Crippen molar-refractivity contribution in [1.82, 2.24) is 4.90 Å². The van der Waals surface area contributed by atoms with Crippen molar-refractivity contribution < 1.29 is 9.90 Å². The van der Waals surface area contributed by atoms with Gasteiger partial charge in [0.05, 0.1) is 23.1 Å². The van der Waals surface area contributed by atoms with Crippen LogP contribution < -0.4 is 10.2 Å². The Labute approximate surface area is 226 Å². The Kier molecular flexibility index (Phi) is 7.03. The van der Waals surface area contributed by atoms with Crippen molar-refractivity contribution in [1.29, 1.82) is 0 Å². The molecule has 8 heteroatoms. The molecule has 0 unspecified atom stereocenters. The van der Waals surface area contributed by atoms with Gasteiger partial charge in [0.2, 0.25) is 5.85 Å². The molecule has 3 aromatic carbocycles. The molecular weight excluding hydrogens is 504 g/mol. The van der Waals surface area contributed by atoms with E-state index in [0.717, 1.165) is 11.3 Å². The van der Waals surface area contributed by atoms with Gasteiger partial charge in [-0.25, -0.2) is 4.99 Å². The summed E-state index contributed by atoms with van der Waals surface area (Å²) >= 11 is 7.72. The Morgan fingerprint density at radius 2 is 1.70 bits per heavy atom. The number of hydrogen-bond donors (Lipinski definition) is 2. The van der Waals surface area contributed by atoms with Crippen LogP contribution in [0.4, 0.5) is 11.4 Å². The van der Waals surface area contributed by atoms with Gasteiger partial charge in [-0.15, -0.1) is 0 Å². The number of amides is 1. The molecule has 0 radical (unpaired) electrons. The minimum Gasteiger partial charge on any atom is -0.353 e. The normalized spacial score (nSPS) is 21.1. The number of carbonyl (C=O) groups excluding carboxylic acids is 1. The maximum atomic E-state index is 13.8. The second-order valence-electron chi connectivity index (χ2n) is 9.40. The van der Waals surface area contributed by atoms with Gasteiger partial charge in [-0.1, -0.05) is 71.9 Å². The van der Waals surface area contributed by atoms with E-state index in [1.165, 1.54) is 11.8 Å². The number of aliphatic imine (C=N–C) groups is 1. The third kappa shape index (κ3) is 4.75. The highest BCUT2D eigenvalue weighted by Gasteiger charge is 2.55. The Balaban J connectivity index is 1.65. The topological polar surface area (TPSA) is 68.2 Å². The zero-order valence-electron chi connectivity index (χ0n) is 20.9. The molecule has 5 rings (SSSR count). The standard InChI is InChI=1S/C29H29ClN4O2S/c1-19(2)33(24-12-8-5-9-13-24)29(36)18-37-28-31-20(3)25(27(35)32-23-10-6-4-7-11-23)26(34(28)29)21-14-16-22(30)17-15-21/h4-17,19,26,36H,18H2,1-3H3,(H,32,35)/t26-,29+/m0/s1. The van der Waals surface area contributed by atoms with Gasteiger partial charge in [-0.05, 0) is 62.7 Å².